The van der Waals surface area contributed by atoms with Crippen LogP contribution in [0.2, 0.25) is 0 Å². The number of hydrogen-bond acceptors (Lipinski definition) is 3. The molecule has 1 fully saturated rings. The molecular formula is C16H18O3. The van der Waals surface area contributed by atoms with Crippen LogP contribution in [0.1, 0.15) is 31.7 Å². The van der Waals surface area contributed by atoms with Gasteiger partial charge in [0.05, 0.1) is 12.5 Å². The predicted molar refractivity (Wildman–Crippen MR) is 72.9 cm³/mol. The SMILES string of the molecule is CCC#CCOc1cccc(C2(C(=O)OC)CC2)c1. The van der Waals surface area contributed by atoms with E-state index in [1.165, 1.54) is 7.11 Å². The summed E-state index contributed by atoms with van der Waals surface area (Å²) < 4.78 is 10.4. The Hall–Kier alpha value is -1.95. The van der Waals surface area contributed by atoms with Gasteiger partial charge < -0.3 is 9.47 Å². The molecule has 0 radical (unpaired) electrons. The molecule has 1 aliphatic rings. The van der Waals surface area contributed by atoms with Crippen molar-refractivity contribution in [3.8, 4) is 17.6 Å². The molecule has 0 saturated heterocycles. The van der Waals surface area contributed by atoms with Crippen LogP contribution in [0.15, 0.2) is 24.3 Å². The Kier molecular flexibility index (Phi) is 4.11. The predicted octanol–water partition coefficient (Wildman–Crippen LogP) is 2.68. The van der Waals surface area contributed by atoms with E-state index in [1.54, 1.807) is 0 Å². The van der Waals surface area contributed by atoms with E-state index in [0.717, 1.165) is 30.6 Å². The van der Waals surface area contributed by atoms with Crippen LogP contribution < -0.4 is 4.74 Å². The third-order valence-electron chi connectivity index (χ3n) is 3.33. The van der Waals surface area contributed by atoms with Crippen LogP contribution in [0, 0.1) is 11.8 Å². The zero-order valence-electron chi connectivity index (χ0n) is 11.4. The van der Waals surface area contributed by atoms with Gasteiger partial charge in [0, 0.05) is 6.42 Å². The minimum absolute atomic E-state index is 0.157. The van der Waals surface area contributed by atoms with Gasteiger partial charge in [-0.2, -0.15) is 0 Å². The van der Waals surface area contributed by atoms with Gasteiger partial charge in [0.2, 0.25) is 0 Å². The summed E-state index contributed by atoms with van der Waals surface area (Å²) in [5, 5.41) is 0. The van der Waals surface area contributed by atoms with Crippen molar-refractivity contribution >= 4 is 5.97 Å². The zero-order chi connectivity index (χ0) is 13.7. The van der Waals surface area contributed by atoms with Crippen molar-refractivity contribution in [3.05, 3.63) is 29.8 Å². The lowest BCUT2D eigenvalue weighted by molar-refractivity contribution is -0.143. The van der Waals surface area contributed by atoms with Crippen molar-refractivity contribution in [2.24, 2.45) is 0 Å². The summed E-state index contributed by atoms with van der Waals surface area (Å²) in [6, 6.07) is 7.65. The second-order valence-electron chi connectivity index (χ2n) is 4.60. The fourth-order valence-electron chi connectivity index (χ4n) is 2.11. The fourth-order valence-corrected chi connectivity index (χ4v) is 2.11. The van der Waals surface area contributed by atoms with Crippen LogP contribution in [0.4, 0.5) is 0 Å². The van der Waals surface area contributed by atoms with Gasteiger partial charge in [0.15, 0.2) is 0 Å². The summed E-state index contributed by atoms with van der Waals surface area (Å²) in [4.78, 5) is 11.8. The van der Waals surface area contributed by atoms with E-state index in [1.807, 2.05) is 31.2 Å². The molecule has 0 bridgehead atoms. The highest BCUT2D eigenvalue weighted by atomic mass is 16.5. The highest BCUT2D eigenvalue weighted by molar-refractivity contribution is 5.86. The van der Waals surface area contributed by atoms with Gasteiger partial charge in [0.25, 0.3) is 0 Å². The third kappa shape index (κ3) is 2.90. The van der Waals surface area contributed by atoms with E-state index in [9.17, 15) is 4.79 Å². The molecule has 0 amide bonds. The van der Waals surface area contributed by atoms with Gasteiger partial charge in [-0.15, -0.1) is 5.92 Å². The van der Waals surface area contributed by atoms with Crippen LogP contribution in [0.25, 0.3) is 0 Å². The van der Waals surface area contributed by atoms with Gasteiger partial charge in [-0.1, -0.05) is 25.0 Å². The molecule has 0 N–H and O–H groups in total. The van der Waals surface area contributed by atoms with Crippen LogP contribution >= 0.6 is 0 Å². The van der Waals surface area contributed by atoms with Crippen LogP contribution in [-0.4, -0.2) is 19.7 Å². The second-order valence-corrected chi connectivity index (χ2v) is 4.60. The number of ether oxygens (including phenoxy) is 2. The average molecular weight is 258 g/mol. The maximum absolute atomic E-state index is 11.8. The quantitative estimate of drug-likeness (QED) is 0.615. The molecule has 0 aliphatic heterocycles. The van der Waals surface area contributed by atoms with Crippen LogP contribution in [0.5, 0.6) is 5.75 Å². The maximum atomic E-state index is 11.8. The summed E-state index contributed by atoms with van der Waals surface area (Å²) in [6.45, 7) is 2.38. The first-order valence-electron chi connectivity index (χ1n) is 6.50. The Bertz CT molecular complexity index is 518. The van der Waals surface area contributed by atoms with Crippen molar-refractivity contribution < 1.29 is 14.3 Å². The molecule has 0 atom stereocenters. The summed E-state index contributed by atoms with van der Waals surface area (Å²) in [6.07, 6.45) is 2.52. The normalized spacial score (nSPS) is 15.1. The van der Waals surface area contributed by atoms with Gasteiger partial charge in [0.1, 0.15) is 12.4 Å². The largest absolute Gasteiger partial charge is 0.481 e. The lowest BCUT2D eigenvalue weighted by Gasteiger charge is -2.14. The number of carbonyl (C=O) groups excluding carboxylic acids is 1. The zero-order valence-corrected chi connectivity index (χ0v) is 11.4. The van der Waals surface area contributed by atoms with Gasteiger partial charge in [-0.3, -0.25) is 4.79 Å². The van der Waals surface area contributed by atoms with Crippen LogP contribution in [0.3, 0.4) is 0 Å². The smallest absolute Gasteiger partial charge is 0.316 e. The lowest BCUT2D eigenvalue weighted by Crippen LogP contribution is -2.21. The first-order valence-corrected chi connectivity index (χ1v) is 6.50. The molecule has 19 heavy (non-hydrogen) atoms. The average Bonchev–Trinajstić information content (AvgIpc) is 3.25. The molecule has 1 aromatic carbocycles. The second kappa shape index (κ2) is 5.79. The van der Waals surface area contributed by atoms with Gasteiger partial charge >= 0.3 is 5.97 Å². The lowest BCUT2D eigenvalue weighted by atomic mass is 9.96. The molecule has 2 rings (SSSR count). The monoisotopic (exact) mass is 258 g/mol. The Labute approximate surface area is 113 Å². The van der Waals surface area contributed by atoms with Crippen molar-refractivity contribution in [2.75, 3.05) is 13.7 Å². The molecule has 0 aromatic heterocycles. The molecule has 100 valence electrons. The minimum atomic E-state index is -0.441. The Morgan fingerprint density at radius 1 is 1.37 bits per heavy atom. The standard InChI is InChI=1S/C16H18O3/c1-3-4-5-11-19-14-8-6-7-13(12-14)16(9-10-16)15(17)18-2/h6-8,12H,3,9-11H2,1-2H3. The number of carbonyl (C=O) groups is 1. The van der Waals surface area contributed by atoms with Crippen molar-refractivity contribution in [3.63, 3.8) is 0 Å². The molecule has 3 nitrogen and oxygen atoms in total. The number of benzene rings is 1. The summed E-state index contributed by atoms with van der Waals surface area (Å²) in [7, 11) is 1.43. The Balaban J connectivity index is 2.09. The van der Waals surface area contributed by atoms with Gasteiger partial charge in [-0.05, 0) is 30.5 Å². The van der Waals surface area contributed by atoms with E-state index in [0.29, 0.717) is 6.61 Å². The molecule has 0 heterocycles. The summed E-state index contributed by atoms with van der Waals surface area (Å²) in [5.74, 6) is 6.47. The Morgan fingerprint density at radius 2 is 2.16 bits per heavy atom. The minimum Gasteiger partial charge on any atom is -0.481 e. The number of esters is 1. The molecule has 1 aliphatic carbocycles. The number of hydrogen-bond donors (Lipinski definition) is 0. The molecule has 0 unspecified atom stereocenters. The summed E-state index contributed by atoms with van der Waals surface area (Å²) in [5.41, 5.74) is 0.531. The van der Waals surface area contributed by atoms with Gasteiger partial charge in [-0.25, -0.2) is 0 Å². The van der Waals surface area contributed by atoms with E-state index in [2.05, 4.69) is 11.8 Å². The van der Waals surface area contributed by atoms with Crippen molar-refractivity contribution in [1.29, 1.82) is 0 Å². The first-order chi connectivity index (χ1) is 9.23. The molecular weight excluding hydrogens is 240 g/mol. The topological polar surface area (TPSA) is 35.5 Å². The van der Waals surface area contributed by atoms with E-state index >= 15 is 0 Å². The third-order valence-corrected chi connectivity index (χ3v) is 3.33. The first kappa shape index (κ1) is 13.5. The van der Waals surface area contributed by atoms with E-state index in [-0.39, 0.29) is 5.97 Å². The molecule has 1 saturated carbocycles. The van der Waals surface area contributed by atoms with Crippen molar-refractivity contribution in [2.45, 2.75) is 31.6 Å². The molecule has 1 aromatic rings. The fraction of sp³-hybridized carbons (Fsp3) is 0.438. The van der Waals surface area contributed by atoms with E-state index < -0.39 is 5.41 Å². The molecule has 0 spiro atoms. The molecule has 3 heteroatoms. The highest BCUT2D eigenvalue weighted by Crippen LogP contribution is 2.49. The number of methoxy groups -OCH3 is 1. The number of rotatable bonds is 4. The van der Waals surface area contributed by atoms with Crippen molar-refractivity contribution in [1.82, 2.24) is 0 Å². The van der Waals surface area contributed by atoms with Crippen LogP contribution in [-0.2, 0) is 14.9 Å². The summed E-state index contributed by atoms with van der Waals surface area (Å²) >= 11 is 0. The Morgan fingerprint density at radius 3 is 2.79 bits per heavy atom. The maximum Gasteiger partial charge on any atom is 0.316 e. The highest BCUT2D eigenvalue weighted by Gasteiger charge is 2.52. The van der Waals surface area contributed by atoms with E-state index in [4.69, 9.17) is 9.47 Å².